The van der Waals surface area contributed by atoms with Crippen LogP contribution in [0.3, 0.4) is 0 Å². The van der Waals surface area contributed by atoms with Crippen molar-refractivity contribution in [2.45, 2.75) is 61.9 Å². The van der Waals surface area contributed by atoms with Crippen LogP contribution in [0, 0.1) is 5.41 Å². The molecule has 3 spiro atoms. The first-order chi connectivity index (χ1) is 13.2. The number of rotatable bonds is 3. The van der Waals surface area contributed by atoms with Gasteiger partial charge in [-0.15, -0.1) is 0 Å². The molecule has 5 heteroatoms. The molecule has 5 fully saturated rings. The van der Waals surface area contributed by atoms with E-state index in [1.165, 1.54) is 37.8 Å². The van der Waals surface area contributed by atoms with Gasteiger partial charge >= 0.3 is 0 Å². The molecule has 0 aromatic heterocycles. The van der Waals surface area contributed by atoms with Gasteiger partial charge in [-0.3, -0.25) is 9.69 Å². The molecule has 2 bridgehead atoms. The van der Waals surface area contributed by atoms with Crippen molar-refractivity contribution in [3.8, 4) is 11.5 Å². The molecule has 1 aromatic rings. The van der Waals surface area contributed by atoms with Crippen LogP contribution in [0.15, 0.2) is 12.1 Å². The van der Waals surface area contributed by atoms with Crippen molar-refractivity contribution >= 4 is 12.1 Å². The summed E-state index contributed by atoms with van der Waals surface area (Å²) in [6, 6.07) is 4.87. The second-order valence-corrected chi connectivity index (χ2v) is 9.33. The molecule has 3 aliphatic carbocycles. The molecular formula is C22H28N2O3. The molecular weight excluding hydrogens is 340 g/mol. The number of piperidine rings is 1. The van der Waals surface area contributed by atoms with E-state index in [2.05, 4.69) is 21.9 Å². The SMILES string of the molecule is COc1ccc2c(c1OC)N(C=O)C13CCC4(CCCN5CCC21C54)CC3. The van der Waals surface area contributed by atoms with E-state index in [-0.39, 0.29) is 11.0 Å². The number of fused-ring (bicyclic) bond motifs is 3. The summed E-state index contributed by atoms with van der Waals surface area (Å²) in [6.45, 7) is 2.38. The van der Waals surface area contributed by atoms with Crippen LogP contribution in [0.2, 0.25) is 0 Å². The van der Waals surface area contributed by atoms with Gasteiger partial charge in [0.1, 0.15) is 0 Å². The van der Waals surface area contributed by atoms with Gasteiger partial charge < -0.3 is 14.4 Å². The van der Waals surface area contributed by atoms with Crippen molar-refractivity contribution in [2.75, 3.05) is 32.2 Å². The Morgan fingerprint density at radius 2 is 1.85 bits per heavy atom. The molecule has 0 N–H and O–H groups in total. The van der Waals surface area contributed by atoms with Crippen LogP contribution in [-0.2, 0) is 10.2 Å². The minimum absolute atomic E-state index is 0.0553. The number of hydrogen-bond acceptors (Lipinski definition) is 4. The van der Waals surface area contributed by atoms with Crippen molar-refractivity contribution in [3.63, 3.8) is 0 Å². The highest BCUT2D eigenvalue weighted by Crippen LogP contribution is 2.75. The summed E-state index contributed by atoms with van der Waals surface area (Å²) in [5.41, 5.74) is 2.73. The lowest BCUT2D eigenvalue weighted by atomic mass is 9.41. The monoisotopic (exact) mass is 368 g/mol. The third-order valence-corrected chi connectivity index (χ3v) is 9.04. The summed E-state index contributed by atoms with van der Waals surface area (Å²) >= 11 is 0. The zero-order valence-electron chi connectivity index (χ0n) is 16.3. The zero-order chi connectivity index (χ0) is 18.4. The Labute approximate surface area is 160 Å². The first-order valence-corrected chi connectivity index (χ1v) is 10.4. The van der Waals surface area contributed by atoms with Crippen molar-refractivity contribution in [1.82, 2.24) is 4.90 Å². The fourth-order valence-corrected chi connectivity index (χ4v) is 8.30. The van der Waals surface area contributed by atoms with E-state index < -0.39 is 0 Å². The van der Waals surface area contributed by atoms with E-state index in [1.54, 1.807) is 14.2 Å². The Hall–Kier alpha value is -1.75. The van der Waals surface area contributed by atoms with Gasteiger partial charge in [-0.1, -0.05) is 6.07 Å². The van der Waals surface area contributed by atoms with Crippen LogP contribution >= 0.6 is 0 Å². The molecule has 3 heterocycles. The highest BCUT2D eigenvalue weighted by Gasteiger charge is 2.77. The van der Waals surface area contributed by atoms with Crippen LogP contribution in [0.1, 0.15) is 50.5 Å². The summed E-state index contributed by atoms with van der Waals surface area (Å²) in [4.78, 5) is 17.4. The van der Waals surface area contributed by atoms with E-state index in [0.717, 1.165) is 49.4 Å². The second-order valence-electron chi connectivity index (χ2n) is 9.33. The lowest BCUT2D eigenvalue weighted by Crippen LogP contribution is -2.74. The highest BCUT2D eigenvalue weighted by atomic mass is 16.5. The fourth-order valence-electron chi connectivity index (χ4n) is 8.30. The Morgan fingerprint density at radius 1 is 1.04 bits per heavy atom. The maximum Gasteiger partial charge on any atom is 0.214 e. The van der Waals surface area contributed by atoms with Crippen molar-refractivity contribution in [3.05, 3.63) is 17.7 Å². The van der Waals surface area contributed by atoms with Gasteiger partial charge in [0.05, 0.1) is 25.4 Å². The molecule has 27 heavy (non-hydrogen) atoms. The van der Waals surface area contributed by atoms with E-state index >= 15 is 0 Å². The Bertz CT molecular complexity index is 829. The smallest absolute Gasteiger partial charge is 0.214 e. The number of carbonyl (C=O) groups excluding carboxylic acids is 1. The maximum atomic E-state index is 12.5. The number of anilines is 1. The molecule has 144 valence electrons. The fraction of sp³-hybridized carbons (Fsp3) is 0.682. The van der Waals surface area contributed by atoms with Crippen LogP contribution in [0.25, 0.3) is 0 Å². The van der Waals surface area contributed by atoms with Crippen molar-refractivity contribution in [2.24, 2.45) is 5.41 Å². The lowest BCUT2D eigenvalue weighted by Gasteiger charge is -2.68. The summed E-state index contributed by atoms with van der Waals surface area (Å²) in [6.07, 6.45) is 9.69. The van der Waals surface area contributed by atoms with Gasteiger partial charge in [-0.05, 0) is 75.1 Å². The quantitative estimate of drug-likeness (QED) is 0.769. The van der Waals surface area contributed by atoms with E-state index in [1.807, 2.05) is 0 Å². The number of nitrogens with zero attached hydrogens (tertiary/aromatic N) is 2. The van der Waals surface area contributed by atoms with Crippen LogP contribution < -0.4 is 14.4 Å². The summed E-state index contributed by atoms with van der Waals surface area (Å²) < 4.78 is 11.4. The summed E-state index contributed by atoms with van der Waals surface area (Å²) in [7, 11) is 3.37. The Kier molecular flexibility index (Phi) is 3.00. The van der Waals surface area contributed by atoms with Gasteiger partial charge in [0.25, 0.3) is 0 Å². The minimum atomic E-state index is -0.0881. The van der Waals surface area contributed by atoms with Gasteiger partial charge in [0, 0.05) is 11.5 Å². The van der Waals surface area contributed by atoms with E-state index in [4.69, 9.17) is 9.47 Å². The molecule has 3 aliphatic heterocycles. The molecule has 0 radical (unpaired) electrons. The number of carbonyl (C=O) groups is 1. The maximum absolute atomic E-state index is 12.5. The lowest BCUT2D eigenvalue weighted by molar-refractivity contribution is -0.121. The normalized spacial score (nSPS) is 41.1. The molecule has 1 aromatic carbocycles. The van der Waals surface area contributed by atoms with Crippen molar-refractivity contribution in [1.29, 1.82) is 0 Å². The van der Waals surface area contributed by atoms with Crippen LogP contribution in [0.5, 0.6) is 11.5 Å². The van der Waals surface area contributed by atoms with Gasteiger partial charge in [-0.2, -0.15) is 0 Å². The van der Waals surface area contributed by atoms with Gasteiger partial charge in [-0.25, -0.2) is 0 Å². The Balaban J connectivity index is 1.68. The van der Waals surface area contributed by atoms with Crippen LogP contribution in [-0.4, -0.2) is 50.2 Å². The standard InChI is InChI=1S/C22H28N2O3/c1-26-16-5-4-15-17(18(16)27-2)24(14-25)21-9-7-20(8-10-21)6-3-12-23-13-11-22(15,21)19(20)23/h4-5,14,19H,3,6-13H2,1-2H3. The average molecular weight is 368 g/mol. The van der Waals surface area contributed by atoms with E-state index in [9.17, 15) is 4.79 Å². The number of benzene rings is 1. The third kappa shape index (κ3) is 1.51. The molecule has 7 rings (SSSR count). The van der Waals surface area contributed by atoms with Gasteiger partial charge in [0.15, 0.2) is 11.5 Å². The number of ether oxygens (including phenoxy) is 2. The average Bonchev–Trinajstić information content (AvgIpc) is 3.23. The molecule has 2 unspecified atom stereocenters. The first-order valence-electron chi connectivity index (χ1n) is 10.4. The molecule has 2 saturated heterocycles. The highest BCUT2D eigenvalue weighted by molar-refractivity contribution is 5.91. The molecule has 6 aliphatic rings. The zero-order valence-corrected chi connectivity index (χ0v) is 16.3. The molecule has 2 atom stereocenters. The number of hydrogen-bond donors (Lipinski definition) is 0. The summed E-state index contributed by atoms with van der Waals surface area (Å²) in [5, 5.41) is 0. The summed E-state index contributed by atoms with van der Waals surface area (Å²) in [5.74, 6) is 1.45. The largest absolute Gasteiger partial charge is 0.493 e. The molecule has 5 nitrogen and oxygen atoms in total. The predicted molar refractivity (Wildman–Crippen MR) is 103 cm³/mol. The van der Waals surface area contributed by atoms with Crippen LogP contribution in [0.4, 0.5) is 5.69 Å². The predicted octanol–water partition coefficient (Wildman–Crippen LogP) is 3.10. The number of methoxy groups -OCH3 is 2. The van der Waals surface area contributed by atoms with Gasteiger partial charge in [0.2, 0.25) is 6.41 Å². The topological polar surface area (TPSA) is 42.0 Å². The Morgan fingerprint density at radius 3 is 2.56 bits per heavy atom. The second kappa shape index (κ2) is 4.99. The first kappa shape index (κ1) is 16.2. The molecule has 3 saturated carbocycles. The molecule has 1 amide bonds. The third-order valence-electron chi connectivity index (χ3n) is 9.04. The van der Waals surface area contributed by atoms with E-state index in [0.29, 0.717) is 11.5 Å². The number of amides is 1. The van der Waals surface area contributed by atoms with Crippen molar-refractivity contribution < 1.29 is 14.3 Å². The minimum Gasteiger partial charge on any atom is -0.493 e.